The van der Waals surface area contributed by atoms with Crippen molar-refractivity contribution >= 4 is 4.21 Å². The van der Waals surface area contributed by atoms with Crippen molar-refractivity contribution in [1.82, 2.24) is 0 Å². The molecule has 0 radical (unpaired) electrons. The van der Waals surface area contributed by atoms with Gasteiger partial charge in [0.15, 0.2) is 0 Å². The van der Waals surface area contributed by atoms with Gasteiger partial charge in [-0.3, -0.25) is 0 Å². The molecule has 0 saturated heterocycles. The molecule has 0 nitrogen and oxygen atoms in total. The molecule has 0 aromatic carbocycles. The molecule has 0 aromatic heterocycles. The molecule has 0 heterocycles. The first kappa shape index (κ1) is 12.2. The van der Waals surface area contributed by atoms with Crippen molar-refractivity contribution in [1.29, 1.82) is 0 Å². The van der Waals surface area contributed by atoms with Gasteiger partial charge in [0.25, 0.3) is 0 Å². The Hall–Kier alpha value is -0.287. The van der Waals surface area contributed by atoms with Crippen LogP contribution in [0.3, 0.4) is 0 Å². The Morgan fingerprint density at radius 2 is 1.88 bits per heavy atom. The fourth-order valence-electron chi connectivity index (χ4n) is 2.62. The van der Waals surface area contributed by atoms with E-state index < -0.39 is 18.3 Å². The van der Waals surface area contributed by atoms with E-state index in [4.69, 9.17) is 4.21 Å². The Balaban J connectivity index is 2.41. The molecule has 86 valence electrons. The van der Waals surface area contributed by atoms with Gasteiger partial charge in [-0.1, -0.05) is 0 Å². The summed E-state index contributed by atoms with van der Waals surface area (Å²) in [5.41, 5.74) is 3.00. The fraction of sp³-hybridized carbons (Fsp3) is 0.400. The topological polar surface area (TPSA) is 0 Å². The Kier molecular flexibility index (Phi) is 2.74. The molecule has 0 N–H and O–H groups in total. The van der Waals surface area contributed by atoms with Crippen LogP contribution < -0.4 is 0 Å². The predicted molar refractivity (Wildman–Crippen MR) is 71.8 cm³/mol. The molecule has 16 heavy (non-hydrogen) atoms. The zero-order valence-electron chi connectivity index (χ0n) is 10.9. The van der Waals surface area contributed by atoms with Crippen LogP contribution in [0, 0.1) is 0 Å². The van der Waals surface area contributed by atoms with Crippen LogP contribution in [0.5, 0.6) is 0 Å². The Labute approximate surface area is 100 Å². The van der Waals surface area contributed by atoms with Gasteiger partial charge < -0.3 is 0 Å². The molecule has 2 aliphatic carbocycles. The third-order valence-electron chi connectivity index (χ3n) is 4.35. The van der Waals surface area contributed by atoms with Crippen molar-refractivity contribution < 1.29 is 18.3 Å². The average molecular weight is 294 g/mol. The maximum atomic E-state index is 4.74. The summed E-state index contributed by atoms with van der Waals surface area (Å²) in [5.74, 6) is 0. The van der Waals surface area contributed by atoms with Gasteiger partial charge in [0.05, 0.1) is 0 Å². The molecule has 0 aliphatic heterocycles. The molecule has 0 bridgehead atoms. The predicted octanol–water partition coefficient (Wildman–Crippen LogP) is 4.67. The summed E-state index contributed by atoms with van der Waals surface area (Å²) in [4.78, 5) is 0. The summed E-state index contributed by atoms with van der Waals surface area (Å²) in [5, 5.41) is 0. The summed E-state index contributed by atoms with van der Waals surface area (Å²) in [6.07, 6.45) is 11.5. The average Bonchev–Trinajstić information content (AvgIpc) is 2.76. The van der Waals surface area contributed by atoms with Gasteiger partial charge in [0.1, 0.15) is 0 Å². The summed E-state index contributed by atoms with van der Waals surface area (Å²) in [6, 6.07) is 0. The zero-order valence-corrected chi connectivity index (χ0v) is 13.4. The first-order valence-electron chi connectivity index (χ1n) is 6.11. The van der Waals surface area contributed by atoms with Crippen molar-refractivity contribution in [2.24, 2.45) is 0 Å². The molecule has 0 fully saturated rings. The molecule has 0 atom stereocenters. The van der Waals surface area contributed by atoms with E-state index >= 15 is 0 Å². The quantitative estimate of drug-likeness (QED) is 0.694. The molecule has 1 heteroatoms. The SMILES string of the molecule is [CH2]=[Zr]([CH3])([CH3])([C]1=CC=CC1)[C]1=CC(C)=C(C)C1. The number of hydrogen-bond donors (Lipinski definition) is 0. The summed E-state index contributed by atoms with van der Waals surface area (Å²) >= 11 is -2.99. The molecule has 0 aromatic rings. The van der Waals surface area contributed by atoms with E-state index in [1.807, 2.05) is 0 Å². The molecule has 0 saturated carbocycles. The monoisotopic (exact) mass is 292 g/mol. The second-order valence-corrected chi connectivity index (χ2v) is 22.7. The fourth-order valence-corrected chi connectivity index (χ4v) is 10.8. The van der Waals surface area contributed by atoms with E-state index in [-0.39, 0.29) is 0 Å². The number of allylic oxidation sites excluding steroid dienone is 8. The van der Waals surface area contributed by atoms with Gasteiger partial charge in [0, 0.05) is 0 Å². The summed E-state index contributed by atoms with van der Waals surface area (Å²) in [7, 11) is 0. The maximum absolute atomic E-state index is 4.74. The third-order valence-corrected chi connectivity index (χ3v) is 16.2. The molecular weight excluding hydrogens is 271 g/mol. The van der Waals surface area contributed by atoms with Crippen LogP contribution in [-0.2, 0) is 18.3 Å². The minimum absolute atomic E-state index is 1.14. The van der Waals surface area contributed by atoms with Gasteiger partial charge in [0.2, 0.25) is 0 Å². The van der Waals surface area contributed by atoms with Gasteiger partial charge in [-0.05, 0) is 0 Å². The molecule has 2 aliphatic rings. The Morgan fingerprint density at radius 3 is 2.31 bits per heavy atom. The summed E-state index contributed by atoms with van der Waals surface area (Å²) in [6.45, 7) is 4.49. The van der Waals surface area contributed by atoms with E-state index in [0.717, 1.165) is 6.42 Å². The normalized spacial score (nSPS) is 21.6. The first-order valence-corrected chi connectivity index (χ1v) is 15.2. The van der Waals surface area contributed by atoms with Crippen LogP contribution in [0.2, 0.25) is 9.26 Å². The second-order valence-electron chi connectivity index (χ2n) is 6.32. The van der Waals surface area contributed by atoms with E-state index in [9.17, 15) is 0 Å². The standard InChI is InChI=1S/C7H9.C5H5.2CH3.CH2.Zr/c1-6-4-3-5-7(6)2;1-2-4-5-3-1;;;;/h4H,5H2,1-2H3;1-3H,4H2;2*1H3;1H2;. The molecule has 0 amide bonds. The van der Waals surface area contributed by atoms with Crippen LogP contribution in [0.25, 0.3) is 0 Å². The van der Waals surface area contributed by atoms with E-state index in [2.05, 4.69) is 47.4 Å². The Bertz CT molecular complexity index is 516. The van der Waals surface area contributed by atoms with Crippen LogP contribution in [0.15, 0.2) is 42.0 Å². The minimum atomic E-state index is -2.99. The third kappa shape index (κ3) is 1.84. The van der Waals surface area contributed by atoms with Crippen LogP contribution in [0.4, 0.5) is 0 Å². The van der Waals surface area contributed by atoms with Crippen LogP contribution in [0.1, 0.15) is 26.7 Å². The van der Waals surface area contributed by atoms with Gasteiger partial charge in [-0.2, -0.15) is 0 Å². The zero-order chi connectivity index (χ0) is 12.0. The molecular formula is C15H22Zr. The van der Waals surface area contributed by atoms with Crippen molar-refractivity contribution in [3.05, 3.63) is 42.0 Å². The van der Waals surface area contributed by atoms with Gasteiger partial charge in [-0.25, -0.2) is 0 Å². The van der Waals surface area contributed by atoms with Gasteiger partial charge in [-0.15, -0.1) is 0 Å². The van der Waals surface area contributed by atoms with Crippen molar-refractivity contribution in [2.45, 2.75) is 36.0 Å². The molecule has 2 rings (SSSR count). The van der Waals surface area contributed by atoms with Crippen molar-refractivity contribution in [3.63, 3.8) is 0 Å². The first-order chi connectivity index (χ1) is 7.30. The van der Waals surface area contributed by atoms with Crippen LogP contribution >= 0.6 is 0 Å². The molecule has 0 unspecified atom stereocenters. The number of hydrogen-bond acceptors (Lipinski definition) is 0. The van der Waals surface area contributed by atoms with Crippen molar-refractivity contribution in [2.75, 3.05) is 0 Å². The van der Waals surface area contributed by atoms with Crippen LogP contribution in [-0.4, -0.2) is 4.21 Å². The van der Waals surface area contributed by atoms with Crippen molar-refractivity contribution in [3.8, 4) is 0 Å². The Morgan fingerprint density at radius 1 is 1.19 bits per heavy atom. The van der Waals surface area contributed by atoms with E-state index in [1.165, 1.54) is 17.6 Å². The van der Waals surface area contributed by atoms with E-state index in [0.29, 0.717) is 0 Å². The number of rotatable bonds is 2. The van der Waals surface area contributed by atoms with E-state index in [1.54, 1.807) is 6.56 Å². The van der Waals surface area contributed by atoms with Gasteiger partial charge >= 0.3 is 100 Å². The second kappa shape index (κ2) is 3.60. The molecule has 0 spiro atoms. The summed E-state index contributed by atoms with van der Waals surface area (Å²) < 4.78 is 13.0.